The van der Waals surface area contributed by atoms with E-state index in [4.69, 9.17) is 28.3 Å². The van der Waals surface area contributed by atoms with E-state index < -0.39 is 10.3 Å². The molecule has 0 atom stereocenters. The molecular weight excluding hydrogens is 258 g/mol. The summed E-state index contributed by atoms with van der Waals surface area (Å²) in [4.78, 5) is 10.4. The summed E-state index contributed by atoms with van der Waals surface area (Å²) in [7, 11) is 0. The van der Waals surface area contributed by atoms with Crippen molar-refractivity contribution in [3.05, 3.63) is 0 Å². The van der Waals surface area contributed by atoms with E-state index in [0.29, 0.717) is 6.42 Å². The summed E-state index contributed by atoms with van der Waals surface area (Å²) in [5, 5.41) is 8.53. The average molecular weight is 272 g/mol. The van der Waals surface area contributed by atoms with Gasteiger partial charge in [0.1, 0.15) is 0 Å². The van der Waals surface area contributed by atoms with Crippen molar-refractivity contribution in [2.45, 2.75) is 43.4 Å². The quantitative estimate of drug-likeness (QED) is 0.595. The first-order chi connectivity index (χ1) is 5.50. The molecular formula is C8H14Cl2CoO2. The molecule has 0 aromatic rings. The first-order valence-corrected chi connectivity index (χ1v) is 4.87. The summed E-state index contributed by atoms with van der Waals surface area (Å²) in [5.41, 5.74) is 0. The Balaban J connectivity index is 0. The van der Waals surface area contributed by atoms with Crippen molar-refractivity contribution in [1.82, 2.24) is 0 Å². The minimum absolute atomic E-state index is 0. The molecule has 0 aliphatic heterocycles. The van der Waals surface area contributed by atoms with Crippen LogP contribution < -0.4 is 0 Å². The molecule has 0 rings (SSSR count). The predicted octanol–water partition coefficient (Wildman–Crippen LogP) is 3.21. The van der Waals surface area contributed by atoms with Crippen molar-refractivity contribution in [3.8, 4) is 0 Å². The summed E-state index contributed by atoms with van der Waals surface area (Å²) in [5.74, 6) is -1.15. The normalized spacial score (nSPS) is 10.7. The van der Waals surface area contributed by atoms with Crippen molar-refractivity contribution >= 4 is 29.2 Å². The summed E-state index contributed by atoms with van der Waals surface area (Å²) < 4.78 is -1.59. The standard InChI is InChI=1S/C8H14Cl2O2.Co/c1-2-3-4-5-6-8(9,10)7(11)12;/h2-6H2,1H3,(H,11,12);. The summed E-state index contributed by atoms with van der Waals surface area (Å²) in [6.45, 7) is 2.09. The van der Waals surface area contributed by atoms with Crippen LogP contribution in [0.25, 0.3) is 0 Å². The molecule has 2 nitrogen and oxygen atoms in total. The second kappa shape index (κ2) is 7.91. The SMILES string of the molecule is CCCCCCC(Cl)(Cl)C(=O)O.[Co]. The third-order valence-corrected chi connectivity index (χ3v) is 2.36. The van der Waals surface area contributed by atoms with Gasteiger partial charge in [-0.25, -0.2) is 4.79 Å². The number of halogens is 2. The predicted molar refractivity (Wildman–Crippen MR) is 50.8 cm³/mol. The van der Waals surface area contributed by atoms with E-state index in [1.54, 1.807) is 0 Å². The fourth-order valence-electron chi connectivity index (χ4n) is 0.881. The third-order valence-electron chi connectivity index (χ3n) is 1.66. The Labute approximate surface area is 99.2 Å². The van der Waals surface area contributed by atoms with Gasteiger partial charge in [-0.15, -0.1) is 0 Å². The van der Waals surface area contributed by atoms with E-state index in [1.165, 1.54) is 0 Å². The van der Waals surface area contributed by atoms with Gasteiger partial charge in [-0.05, 0) is 12.8 Å². The zero-order chi connectivity index (χ0) is 9.61. The van der Waals surface area contributed by atoms with E-state index in [1.807, 2.05) is 0 Å². The molecule has 0 unspecified atom stereocenters. The van der Waals surface area contributed by atoms with E-state index in [2.05, 4.69) is 6.92 Å². The van der Waals surface area contributed by atoms with Crippen LogP contribution in [0.5, 0.6) is 0 Å². The van der Waals surface area contributed by atoms with Crippen LogP contribution in [0.15, 0.2) is 0 Å². The van der Waals surface area contributed by atoms with E-state index in [0.717, 1.165) is 25.7 Å². The maximum Gasteiger partial charge on any atom is 0.340 e. The first kappa shape index (κ1) is 16.0. The van der Waals surface area contributed by atoms with Gasteiger partial charge in [0.15, 0.2) is 0 Å². The number of carbonyl (C=O) groups is 1. The van der Waals surface area contributed by atoms with Gasteiger partial charge in [-0.1, -0.05) is 49.4 Å². The molecule has 0 aliphatic rings. The molecule has 0 amide bonds. The zero-order valence-electron chi connectivity index (χ0n) is 7.48. The van der Waals surface area contributed by atoms with Crippen LogP contribution in [0.1, 0.15) is 39.0 Å². The number of unbranched alkanes of at least 4 members (excludes halogenated alkanes) is 3. The minimum atomic E-state index is -1.59. The van der Waals surface area contributed by atoms with Gasteiger partial charge in [-0.2, -0.15) is 0 Å². The second-order valence-corrected chi connectivity index (χ2v) is 4.30. The number of carboxylic acid groups (broad SMARTS) is 1. The van der Waals surface area contributed by atoms with Gasteiger partial charge in [0.25, 0.3) is 0 Å². The fourth-order valence-corrected chi connectivity index (χ4v) is 1.15. The van der Waals surface area contributed by atoms with Crippen LogP contribution in [-0.2, 0) is 21.6 Å². The molecule has 1 radical (unpaired) electrons. The molecule has 81 valence electrons. The second-order valence-electron chi connectivity index (χ2n) is 2.82. The van der Waals surface area contributed by atoms with E-state index in [-0.39, 0.29) is 16.8 Å². The largest absolute Gasteiger partial charge is 0.479 e. The van der Waals surface area contributed by atoms with Crippen LogP contribution in [-0.4, -0.2) is 15.4 Å². The Kier molecular flexibility index (Phi) is 9.74. The number of carboxylic acids is 1. The third kappa shape index (κ3) is 7.61. The Morgan fingerprint density at radius 2 is 1.85 bits per heavy atom. The maximum absolute atomic E-state index is 10.4. The molecule has 5 heteroatoms. The van der Waals surface area contributed by atoms with Gasteiger partial charge in [0, 0.05) is 16.8 Å². The molecule has 0 aromatic carbocycles. The van der Waals surface area contributed by atoms with Crippen LogP contribution in [0.4, 0.5) is 0 Å². The van der Waals surface area contributed by atoms with Crippen molar-refractivity contribution < 1.29 is 26.7 Å². The molecule has 0 aliphatic carbocycles. The number of hydrogen-bond acceptors (Lipinski definition) is 1. The molecule has 1 N–H and O–H groups in total. The molecule has 0 bridgehead atoms. The fraction of sp³-hybridized carbons (Fsp3) is 0.875. The molecule has 0 spiro atoms. The van der Waals surface area contributed by atoms with Crippen LogP contribution in [0.3, 0.4) is 0 Å². The first-order valence-electron chi connectivity index (χ1n) is 4.12. The topological polar surface area (TPSA) is 37.3 Å². The Bertz CT molecular complexity index is 151. The van der Waals surface area contributed by atoms with Gasteiger partial charge >= 0.3 is 5.97 Å². The van der Waals surface area contributed by atoms with Gasteiger partial charge in [0.05, 0.1) is 0 Å². The molecule has 0 saturated carbocycles. The van der Waals surface area contributed by atoms with Gasteiger partial charge in [-0.3, -0.25) is 0 Å². The molecule has 0 aromatic heterocycles. The molecule has 0 heterocycles. The van der Waals surface area contributed by atoms with Crippen LogP contribution in [0.2, 0.25) is 0 Å². The monoisotopic (exact) mass is 271 g/mol. The van der Waals surface area contributed by atoms with Crippen LogP contribution >= 0.6 is 23.2 Å². The Hall–Kier alpha value is 0.556. The zero-order valence-corrected chi connectivity index (χ0v) is 10.0. The molecule has 0 saturated heterocycles. The minimum Gasteiger partial charge on any atom is -0.479 e. The number of hydrogen-bond donors (Lipinski definition) is 1. The van der Waals surface area contributed by atoms with E-state index in [9.17, 15) is 4.79 Å². The smallest absolute Gasteiger partial charge is 0.340 e. The van der Waals surface area contributed by atoms with E-state index >= 15 is 0 Å². The molecule has 13 heavy (non-hydrogen) atoms. The van der Waals surface area contributed by atoms with Crippen molar-refractivity contribution in [3.63, 3.8) is 0 Å². The summed E-state index contributed by atoms with van der Waals surface area (Å²) in [6, 6.07) is 0. The summed E-state index contributed by atoms with van der Waals surface area (Å²) in [6.07, 6.45) is 4.30. The average Bonchev–Trinajstić information content (AvgIpc) is 1.98. The summed E-state index contributed by atoms with van der Waals surface area (Å²) >= 11 is 11.0. The molecule has 0 fully saturated rings. The van der Waals surface area contributed by atoms with Crippen LogP contribution in [0, 0.1) is 0 Å². The Morgan fingerprint density at radius 3 is 2.23 bits per heavy atom. The Morgan fingerprint density at radius 1 is 1.31 bits per heavy atom. The van der Waals surface area contributed by atoms with Gasteiger partial charge < -0.3 is 5.11 Å². The number of alkyl halides is 2. The van der Waals surface area contributed by atoms with Crippen molar-refractivity contribution in [1.29, 1.82) is 0 Å². The maximum atomic E-state index is 10.4. The number of rotatable bonds is 6. The van der Waals surface area contributed by atoms with Crippen molar-refractivity contribution in [2.75, 3.05) is 0 Å². The number of aliphatic carboxylic acids is 1. The van der Waals surface area contributed by atoms with Gasteiger partial charge in [0.2, 0.25) is 4.33 Å². The van der Waals surface area contributed by atoms with Crippen molar-refractivity contribution in [2.24, 2.45) is 0 Å².